The highest BCUT2D eigenvalue weighted by Gasteiger charge is 2.28. The fourth-order valence-electron chi connectivity index (χ4n) is 1.90. The molecule has 0 radical (unpaired) electrons. The van der Waals surface area contributed by atoms with E-state index in [4.69, 9.17) is 0 Å². The minimum absolute atomic E-state index is 0.0902. The van der Waals surface area contributed by atoms with E-state index in [9.17, 15) is 18.1 Å². The molecule has 0 aromatic heterocycles. The zero-order chi connectivity index (χ0) is 15.2. The zero-order valence-electron chi connectivity index (χ0n) is 12.3. The molecule has 0 aliphatic rings. The van der Waals surface area contributed by atoms with Crippen LogP contribution in [0.2, 0.25) is 0 Å². The number of hydrogen-bond acceptors (Lipinski definition) is 3. The number of benzene rings is 1. The van der Waals surface area contributed by atoms with Gasteiger partial charge in [0.15, 0.2) is 0 Å². The molecule has 0 saturated heterocycles. The molecular formula is C14H22O4S. The molecule has 19 heavy (non-hydrogen) atoms. The van der Waals surface area contributed by atoms with Crippen molar-refractivity contribution >= 4 is 10.1 Å². The third kappa shape index (κ3) is 3.48. The second-order valence-corrected chi connectivity index (χ2v) is 8.26. The van der Waals surface area contributed by atoms with Gasteiger partial charge in [0, 0.05) is 11.1 Å². The maximum atomic E-state index is 11.4. The Hall–Kier alpha value is -1.07. The van der Waals surface area contributed by atoms with Crippen LogP contribution in [-0.2, 0) is 20.9 Å². The van der Waals surface area contributed by atoms with Gasteiger partial charge in [-0.25, -0.2) is 0 Å². The summed E-state index contributed by atoms with van der Waals surface area (Å²) in [5.74, 6) is 0.0902. The van der Waals surface area contributed by atoms with Gasteiger partial charge in [0.2, 0.25) is 0 Å². The lowest BCUT2D eigenvalue weighted by Crippen LogP contribution is -2.18. The van der Waals surface area contributed by atoms with E-state index in [1.54, 1.807) is 0 Å². The Morgan fingerprint density at radius 3 is 1.42 bits per heavy atom. The summed E-state index contributed by atoms with van der Waals surface area (Å²) in [4.78, 5) is -0.180. The minimum Gasteiger partial charge on any atom is -0.507 e. The molecule has 0 fully saturated rings. The first-order chi connectivity index (χ1) is 8.24. The molecule has 1 aromatic rings. The van der Waals surface area contributed by atoms with Crippen molar-refractivity contribution in [2.75, 3.05) is 0 Å². The average Bonchev–Trinajstić information content (AvgIpc) is 2.11. The zero-order valence-corrected chi connectivity index (χ0v) is 13.1. The number of hydrogen-bond donors (Lipinski definition) is 2. The predicted octanol–water partition coefficient (Wildman–Crippen LogP) is 3.23. The molecule has 5 heteroatoms. The van der Waals surface area contributed by atoms with Crippen molar-refractivity contribution in [1.29, 1.82) is 0 Å². The second kappa shape index (κ2) is 4.49. The van der Waals surface area contributed by atoms with Crippen LogP contribution in [0.25, 0.3) is 0 Å². The van der Waals surface area contributed by atoms with Crippen LogP contribution in [0.4, 0.5) is 0 Å². The summed E-state index contributed by atoms with van der Waals surface area (Å²) in [6.45, 7) is 11.3. The molecule has 0 unspecified atom stereocenters. The summed E-state index contributed by atoms with van der Waals surface area (Å²) in [6, 6.07) is 2.67. The molecule has 0 amide bonds. The average molecular weight is 286 g/mol. The molecule has 0 spiro atoms. The van der Waals surface area contributed by atoms with Gasteiger partial charge in [-0.15, -0.1) is 0 Å². The maximum Gasteiger partial charge on any atom is 0.294 e. The van der Waals surface area contributed by atoms with Crippen LogP contribution < -0.4 is 0 Å². The summed E-state index contributed by atoms with van der Waals surface area (Å²) < 4.78 is 32.0. The van der Waals surface area contributed by atoms with Crippen molar-refractivity contribution in [2.45, 2.75) is 57.3 Å². The monoisotopic (exact) mass is 286 g/mol. The Morgan fingerprint density at radius 2 is 1.21 bits per heavy atom. The minimum atomic E-state index is -4.30. The van der Waals surface area contributed by atoms with E-state index in [2.05, 4.69) is 0 Å². The Balaban J connectivity index is 3.78. The molecule has 0 bridgehead atoms. The van der Waals surface area contributed by atoms with Gasteiger partial charge in [-0.1, -0.05) is 41.5 Å². The lowest BCUT2D eigenvalue weighted by Gasteiger charge is -2.27. The highest BCUT2D eigenvalue weighted by Crippen LogP contribution is 2.40. The summed E-state index contributed by atoms with van der Waals surface area (Å²) in [5, 5.41) is 10.4. The summed E-state index contributed by atoms with van der Waals surface area (Å²) in [7, 11) is -4.30. The van der Waals surface area contributed by atoms with E-state index < -0.39 is 20.9 Å². The van der Waals surface area contributed by atoms with Crippen LogP contribution in [0.3, 0.4) is 0 Å². The normalized spacial score (nSPS) is 13.6. The maximum absolute atomic E-state index is 11.4. The van der Waals surface area contributed by atoms with Crippen LogP contribution in [0.1, 0.15) is 52.7 Å². The molecule has 0 aliphatic heterocycles. The van der Waals surface area contributed by atoms with E-state index in [0.717, 1.165) is 0 Å². The van der Waals surface area contributed by atoms with Crippen molar-refractivity contribution in [1.82, 2.24) is 0 Å². The summed E-state index contributed by atoms with van der Waals surface area (Å²) in [6.07, 6.45) is 0. The van der Waals surface area contributed by atoms with Gasteiger partial charge in [-0.05, 0) is 23.0 Å². The van der Waals surface area contributed by atoms with Crippen LogP contribution in [0, 0.1) is 0 Å². The largest absolute Gasteiger partial charge is 0.507 e. The van der Waals surface area contributed by atoms with Crippen molar-refractivity contribution in [3.63, 3.8) is 0 Å². The van der Waals surface area contributed by atoms with Gasteiger partial charge in [0.05, 0.1) is 4.90 Å². The fraction of sp³-hybridized carbons (Fsp3) is 0.571. The van der Waals surface area contributed by atoms with Crippen LogP contribution in [-0.4, -0.2) is 18.1 Å². The summed E-state index contributed by atoms with van der Waals surface area (Å²) in [5.41, 5.74) is 0.162. The number of phenolic OH excluding ortho intramolecular Hbond substituents is 1. The molecular weight excluding hydrogens is 264 g/mol. The van der Waals surface area contributed by atoms with Crippen LogP contribution in [0.5, 0.6) is 5.75 Å². The highest BCUT2D eigenvalue weighted by atomic mass is 32.2. The second-order valence-electron chi connectivity index (χ2n) is 6.84. The Labute approximate surface area is 115 Å². The number of aromatic hydroxyl groups is 1. The first kappa shape index (κ1) is 16.0. The van der Waals surface area contributed by atoms with E-state index >= 15 is 0 Å². The lowest BCUT2D eigenvalue weighted by atomic mass is 9.79. The number of phenols is 1. The van der Waals surface area contributed by atoms with E-state index in [1.807, 2.05) is 41.5 Å². The van der Waals surface area contributed by atoms with Crippen LogP contribution in [0.15, 0.2) is 17.0 Å². The first-order valence-corrected chi connectivity index (χ1v) is 7.54. The Bertz CT molecular complexity index is 552. The molecule has 0 saturated carbocycles. The van der Waals surface area contributed by atoms with Crippen LogP contribution >= 0.6 is 0 Å². The molecule has 0 atom stereocenters. The lowest BCUT2D eigenvalue weighted by molar-refractivity contribution is 0.421. The van der Waals surface area contributed by atoms with E-state index in [1.165, 1.54) is 12.1 Å². The van der Waals surface area contributed by atoms with Gasteiger partial charge in [0.1, 0.15) is 5.75 Å². The Morgan fingerprint density at radius 1 is 0.895 bits per heavy atom. The quantitative estimate of drug-likeness (QED) is 0.777. The topological polar surface area (TPSA) is 74.6 Å². The molecule has 2 N–H and O–H groups in total. The molecule has 0 heterocycles. The fourth-order valence-corrected chi connectivity index (χ4v) is 2.43. The van der Waals surface area contributed by atoms with Crippen molar-refractivity contribution in [3.8, 4) is 5.75 Å². The van der Waals surface area contributed by atoms with Gasteiger partial charge < -0.3 is 5.11 Å². The van der Waals surface area contributed by atoms with Gasteiger partial charge in [-0.2, -0.15) is 8.42 Å². The van der Waals surface area contributed by atoms with Gasteiger partial charge in [0.25, 0.3) is 10.1 Å². The molecule has 4 nitrogen and oxygen atoms in total. The SMILES string of the molecule is CC(C)(C)c1cc(S(=O)(=O)O)cc(C(C)(C)C)c1O. The van der Waals surface area contributed by atoms with E-state index in [-0.39, 0.29) is 10.6 Å². The Kier molecular flexibility index (Phi) is 3.78. The standard InChI is InChI=1S/C14H22O4S/c1-13(2,3)10-7-9(19(16,17)18)8-11(12(10)15)14(4,5)6/h7-8,15H,1-6H3,(H,16,17,18). The van der Waals surface area contributed by atoms with Gasteiger partial charge >= 0.3 is 0 Å². The third-order valence-corrected chi connectivity index (χ3v) is 3.83. The van der Waals surface area contributed by atoms with E-state index in [0.29, 0.717) is 11.1 Å². The van der Waals surface area contributed by atoms with Crippen molar-refractivity contribution in [2.24, 2.45) is 0 Å². The third-order valence-electron chi connectivity index (χ3n) is 3.00. The van der Waals surface area contributed by atoms with Crippen molar-refractivity contribution < 1.29 is 18.1 Å². The van der Waals surface area contributed by atoms with Gasteiger partial charge in [-0.3, -0.25) is 4.55 Å². The molecule has 108 valence electrons. The smallest absolute Gasteiger partial charge is 0.294 e. The molecule has 1 aromatic carbocycles. The highest BCUT2D eigenvalue weighted by molar-refractivity contribution is 7.85. The number of rotatable bonds is 1. The van der Waals surface area contributed by atoms with Crippen molar-refractivity contribution in [3.05, 3.63) is 23.3 Å². The molecule has 1 rings (SSSR count). The first-order valence-electron chi connectivity index (χ1n) is 6.10. The molecule has 0 aliphatic carbocycles. The predicted molar refractivity (Wildman–Crippen MR) is 75.3 cm³/mol. The summed E-state index contributed by atoms with van der Waals surface area (Å²) >= 11 is 0.